The monoisotopic (exact) mass is 386 g/mol. The standard InChI is InChI=1S/C13H11ClN4O4S2/c14-8-3-1-7(2-4-8)12(19)11-9(5-15-17-11)24(20,21)6-10-16-18-13(23)22-10/h1-4,9,15H,5-6H2,(H,18,23). The van der Waals surface area contributed by atoms with Gasteiger partial charge in [0, 0.05) is 10.6 Å². The maximum atomic E-state index is 12.6. The number of aromatic amines is 1. The van der Waals surface area contributed by atoms with Crippen molar-refractivity contribution in [2.75, 3.05) is 6.54 Å². The summed E-state index contributed by atoms with van der Waals surface area (Å²) in [5.41, 5.74) is 2.79. The van der Waals surface area contributed by atoms with Gasteiger partial charge in [-0.15, -0.1) is 5.10 Å². The van der Waals surface area contributed by atoms with E-state index in [4.69, 9.17) is 28.2 Å². The van der Waals surface area contributed by atoms with Gasteiger partial charge in [-0.3, -0.25) is 4.79 Å². The summed E-state index contributed by atoms with van der Waals surface area (Å²) in [5, 5.41) is 9.26. The number of Topliss-reactive ketones (excluding diaryl/α,β-unsaturated/α-hetero) is 1. The Morgan fingerprint density at radius 1 is 1.38 bits per heavy atom. The van der Waals surface area contributed by atoms with Gasteiger partial charge in [0.2, 0.25) is 11.7 Å². The van der Waals surface area contributed by atoms with Gasteiger partial charge < -0.3 is 9.84 Å². The fourth-order valence-corrected chi connectivity index (χ4v) is 3.99. The number of aromatic nitrogens is 2. The smallest absolute Gasteiger partial charge is 0.284 e. The van der Waals surface area contributed by atoms with Gasteiger partial charge in [0.15, 0.2) is 9.84 Å². The average molecular weight is 387 g/mol. The van der Waals surface area contributed by atoms with Crippen molar-refractivity contribution < 1.29 is 17.6 Å². The molecule has 3 rings (SSSR count). The van der Waals surface area contributed by atoms with E-state index in [0.717, 1.165) is 0 Å². The summed E-state index contributed by atoms with van der Waals surface area (Å²) in [7, 11) is -3.77. The zero-order chi connectivity index (χ0) is 17.3. The predicted molar refractivity (Wildman–Crippen MR) is 89.3 cm³/mol. The Balaban J connectivity index is 1.85. The van der Waals surface area contributed by atoms with Crippen molar-refractivity contribution in [3.05, 3.63) is 45.6 Å². The third kappa shape index (κ3) is 3.40. The second kappa shape index (κ2) is 6.46. The first-order valence-electron chi connectivity index (χ1n) is 6.73. The molecule has 126 valence electrons. The van der Waals surface area contributed by atoms with E-state index in [-0.39, 0.29) is 23.0 Å². The summed E-state index contributed by atoms with van der Waals surface area (Å²) < 4.78 is 30.1. The third-order valence-corrected chi connectivity index (χ3v) is 5.69. The Morgan fingerprint density at radius 2 is 2.08 bits per heavy atom. The van der Waals surface area contributed by atoms with Crippen LogP contribution in [0.3, 0.4) is 0 Å². The molecule has 0 aliphatic carbocycles. The van der Waals surface area contributed by atoms with Crippen LogP contribution < -0.4 is 5.43 Å². The fourth-order valence-electron chi connectivity index (χ4n) is 2.22. The van der Waals surface area contributed by atoms with Crippen LogP contribution in [0.2, 0.25) is 5.02 Å². The van der Waals surface area contributed by atoms with Crippen LogP contribution in [0, 0.1) is 4.84 Å². The number of sulfone groups is 1. The Kier molecular flexibility index (Phi) is 4.52. The minimum atomic E-state index is -3.77. The third-order valence-electron chi connectivity index (χ3n) is 3.36. The molecule has 1 aromatic carbocycles. The van der Waals surface area contributed by atoms with Gasteiger partial charge in [0.05, 0.1) is 6.54 Å². The molecule has 1 aromatic heterocycles. The molecular weight excluding hydrogens is 376 g/mol. The molecule has 0 spiro atoms. The van der Waals surface area contributed by atoms with E-state index in [1.54, 1.807) is 12.1 Å². The number of rotatable bonds is 5. The van der Waals surface area contributed by atoms with Gasteiger partial charge >= 0.3 is 0 Å². The molecule has 1 aliphatic rings. The number of carbonyl (C=O) groups excluding carboxylic acids is 1. The minimum Gasteiger partial charge on any atom is -0.413 e. The Hall–Kier alpha value is -2.04. The van der Waals surface area contributed by atoms with Crippen LogP contribution in [-0.2, 0) is 15.6 Å². The summed E-state index contributed by atoms with van der Waals surface area (Å²) in [6.07, 6.45) is 0. The van der Waals surface area contributed by atoms with Crippen molar-refractivity contribution >= 4 is 45.2 Å². The second-order valence-corrected chi connectivity index (χ2v) is 7.99. The lowest BCUT2D eigenvalue weighted by atomic mass is 10.1. The number of hydrogen-bond donors (Lipinski definition) is 2. The second-order valence-electron chi connectivity index (χ2n) is 5.00. The highest BCUT2D eigenvalue weighted by molar-refractivity contribution is 7.92. The summed E-state index contributed by atoms with van der Waals surface area (Å²) in [5.74, 6) is -1.03. The topological polar surface area (TPSA) is 117 Å². The van der Waals surface area contributed by atoms with E-state index in [1.807, 2.05) is 0 Å². The number of H-pyrrole nitrogens is 1. The molecule has 11 heteroatoms. The van der Waals surface area contributed by atoms with Crippen LogP contribution in [0.4, 0.5) is 0 Å². The zero-order valence-electron chi connectivity index (χ0n) is 12.0. The van der Waals surface area contributed by atoms with Crippen LogP contribution >= 0.6 is 23.8 Å². The molecule has 2 N–H and O–H groups in total. The molecule has 1 unspecified atom stereocenters. The number of nitrogens with zero attached hydrogens (tertiary/aromatic N) is 2. The first-order valence-corrected chi connectivity index (χ1v) is 9.23. The van der Waals surface area contributed by atoms with Crippen molar-refractivity contribution in [3.63, 3.8) is 0 Å². The first-order chi connectivity index (χ1) is 11.4. The van der Waals surface area contributed by atoms with E-state index in [0.29, 0.717) is 10.6 Å². The SMILES string of the molecule is O=C(C1=NNCC1S(=O)(=O)Cc1n[nH]c(=S)o1)c1ccc(Cl)cc1. The summed E-state index contributed by atoms with van der Waals surface area (Å²) in [6.45, 7) is 0.00213. The van der Waals surface area contributed by atoms with Crippen LogP contribution in [0.1, 0.15) is 16.2 Å². The summed E-state index contributed by atoms with van der Waals surface area (Å²) in [4.78, 5) is 12.5. The Bertz CT molecular complexity index is 962. The zero-order valence-corrected chi connectivity index (χ0v) is 14.4. The molecule has 1 atom stereocenters. The molecule has 0 fully saturated rings. The highest BCUT2D eigenvalue weighted by atomic mass is 35.5. The van der Waals surface area contributed by atoms with Gasteiger partial charge in [0.25, 0.3) is 4.84 Å². The maximum absolute atomic E-state index is 12.6. The average Bonchev–Trinajstić information content (AvgIpc) is 3.16. The van der Waals surface area contributed by atoms with Crippen LogP contribution in [-0.4, -0.2) is 41.9 Å². The number of nitrogens with one attached hydrogen (secondary N) is 2. The van der Waals surface area contributed by atoms with Gasteiger partial charge in [-0.1, -0.05) is 11.6 Å². The van der Waals surface area contributed by atoms with Crippen LogP contribution in [0.5, 0.6) is 0 Å². The number of halogens is 1. The van der Waals surface area contributed by atoms with Crippen molar-refractivity contribution in [2.24, 2.45) is 5.10 Å². The summed E-state index contributed by atoms with van der Waals surface area (Å²) in [6, 6.07) is 6.13. The van der Waals surface area contributed by atoms with E-state index < -0.39 is 26.6 Å². The van der Waals surface area contributed by atoms with Gasteiger partial charge in [-0.2, -0.15) is 5.10 Å². The number of carbonyl (C=O) groups is 1. The number of benzene rings is 1. The number of ketones is 1. The maximum Gasteiger partial charge on any atom is 0.284 e. The Morgan fingerprint density at radius 3 is 2.71 bits per heavy atom. The van der Waals surface area contributed by atoms with E-state index in [2.05, 4.69) is 20.7 Å². The highest BCUT2D eigenvalue weighted by Gasteiger charge is 2.39. The molecule has 0 saturated carbocycles. The van der Waals surface area contributed by atoms with Crippen LogP contribution in [0.25, 0.3) is 0 Å². The fraction of sp³-hybridized carbons (Fsp3) is 0.231. The lowest BCUT2D eigenvalue weighted by Crippen LogP contribution is -2.36. The lowest BCUT2D eigenvalue weighted by molar-refractivity contribution is 0.106. The van der Waals surface area contributed by atoms with Crippen molar-refractivity contribution in [2.45, 2.75) is 11.0 Å². The van der Waals surface area contributed by atoms with E-state index in [1.165, 1.54) is 12.1 Å². The molecule has 0 bridgehead atoms. The molecule has 0 saturated heterocycles. The molecule has 1 aliphatic heterocycles. The Labute approximate surface area is 146 Å². The van der Waals surface area contributed by atoms with Crippen molar-refractivity contribution in [1.29, 1.82) is 0 Å². The molecular formula is C13H11ClN4O4S2. The number of hydrogen-bond acceptors (Lipinski definition) is 8. The largest absolute Gasteiger partial charge is 0.413 e. The van der Waals surface area contributed by atoms with Gasteiger partial charge in [-0.25, -0.2) is 13.5 Å². The molecule has 2 heterocycles. The summed E-state index contributed by atoms with van der Waals surface area (Å²) >= 11 is 10.5. The van der Waals surface area contributed by atoms with E-state index in [9.17, 15) is 13.2 Å². The molecule has 24 heavy (non-hydrogen) atoms. The molecule has 2 aromatic rings. The lowest BCUT2D eigenvalue weighted by Gasteiger charge is -2.11. The van der Waals surface area contributed by atoms with E-state index >= 15 is 0 Å². The van der Waals surface area contributed by atoms with Crippen molar-refractivity contribution in [1.82, 2.24) is 15.6 Å². The van der Waals surface area contributed by atoms with Crippen LogP contribution in [0.15, 0.2) is 33.8 Å². The quantitative estimate of drug-likeness (QED) is 0.590. The first kappa shape index (κ1) is 16.8. The van der Waals surface area contributed by atoms with Crippen molar-refractivity contribution in [3.8, 4) is 0 Å². The molecule has 0 radical (unpaired) electrons. The minimum absolute atomic E-state index is 0.00213. The molecule has 8 nitrogen and oxygen atoms in total. The normalized spacial score (nSPS) is 17.4. The molecule has 0 amide bonds. The van der Waals surface area contributed by atoms with Gasteiger partial charge in [0.1, 0.15) is 16.7 Å². The predicted octanol–water partition coefficient (Wildman–Crippen LogP) is 1.51. The number of hydrazone groups is 1. The van der Waals surface area contributed by atoms with Gasteiger partial charge in [-0.05, 0) is 36.5 Å². The highest BCUT2D eigenvalue weighted by Crippen LogP contribution is 2.18.